The summed E-state index contributed by atoms with van der Waals surface area (Å²) in [5.41, 5.74) is 2.69. The van der Waals surface area contributed by atoms with Gasteiger partial charge in [0.05, 0.1) is 33.2 Å². The smallest absolute Gasteiger partial charge is 0.253 e. The average molecular weight is 373 g/mol. The van der Waals surface area contributed by atoms with Crippen LogP contribution in [0.1, 0.15) is 15.9 Å². The van der Waals surface area contributed by atoms with Crippen molar-refractivity contribution in [1.82, 2.24) is 15.3 Å². The van der Waals surface area contributed by atoms with E-state index in [1.165, 1.54) is 6.20 Å². The van der Waals surface area contributed by atoms with Gasteiger partial charge in [-0.15, -0.1) is 0 Å². The van der Waals surface area contributed by atoms with Gasteiger partial charge in [-0.05, 0) is 35.9 Å². The third-order valence-corrected chi connectivity index (χ3v) is 4.25. The molecule has 0 saturated carbocycles. The molecule has 126 valence electrons. The highest BCUT2D eigenvalue weighted by Gasteiger charge is 2.09. The second kappa shape index (κ2) is 7.96. The third-order valence-electron chi connectivity index (χ3n) is 3.43. The average Bonchev–Trinajstić information content (AvgIpc) is 2.64. The van der Waals surface area contributed by atoms with Crippen LogP contribution >= 0.6 is 23.2 Å². The molecule has 0 spiro atoms. The molecule has 1 aromatic carbocycles. The number of amides is 1. The van der Waals surface area contributed by atoms with Gasteiger partial charge in [-0.1, -0.05) is 29.3 Å². The van der Waals surface area contributed by atoms with Crippen LogP contribution < -0.4 is 10.6 Å². The van der Waals surface area contributed by atoms with E-state index in [1.54, 1.807) is 42.9 Å². The normalized spacial score (nSPS) is 10.3. The molecule has 5 nitrogen and oxygen atoms in total. The Balaban J connectivity index is 1.70. The Morgan fingerprint density at radius 2 is 1.84 bits per heavy atom. The van der Waals surface area contributed by atoms with Gasteiger partial charge in [-0.3, -0.25) is 14.8 Å². The Kier molecular flexibility index (Phi) is 5.48. The largest absolute Gasteiger partial charge is 0.353 e. The third kappa shape index (κ3) is 4.47. The number of nitrogens with one attached hydrogen (secondary N) is 2. The Morgan fingerprint density at radius 1 is 1.04 bits per heavy atom. The lowest BCUT2D eigenvalue weighted by atomic mass is 10.2. The number of benzene rings is 1. The standard InChI is InChI=1S/C18H14Cl2N4O/c19-15-2-1-3-16(17(15)20)24-14-8-13(10-22-11-14)18(25)23-9-12-4-6-21-7-5-12/h1-8,10-11,24H,9H2,(H,23,25). The zero-order valence-electron chi connectivity index (χ0n) is 13.0. The molecule has 7 heteroatoms. The van der Waals surface area contributed by atoms with Gasteiger partial charge in [0, 0.05) is 25.1 Å². The van der Waals surface area contributed by atoms with E-state index in [4.69, 9.17) is 23.2 Å². The van der Waals surface area contributed by atoms with E-state index < -0.39 is 0 Å². The maximum absolute atomic E-state index is 12.3. The van der Waals surface area contributed by atoms with Crippen molar-refractivity contribution < 1.29 is 4.79 Å². The molecule has 1 amide bonds. The summed E-state index contributed by atoms with van der Waals surface area (Å²) in [6.45, 7) is 0.416. The molecule has 2 aromatic heterocycles. The highest BCUT2D eigenvalue weighted by molar-refractivity contribution is 6.43. The van der Waals surface area contributed by atoms with E-state index in [0.29, 0.717) is 33.5 Å². The van der Waals surface area contributed by atoms with Gasteiger partial charge in [0.2, 0.25) is 0 Å². The molecule has 2 heterocycles. The zero-order chi connectivity index (χ0) is 17.6. The summed E-state index contributed by atoms with van der Waals surface area (Å²) in [7, 11) is 0. The van der Waals surface area contributed by atoms with Crippen molar-refractivity contribution >= 4 is 40.5 Å². The summed E-state index contributed by atoms with van der Waals surface area (Å²) in [6, 6.07) is 10.7. The lowest BCUT2D eigenvalue weighted by Gasteiger charge is -2.10. The first-order valence-electron chi connectivity index (χ1n) is 7.46. The van der Waals surface area contributed by atoms with Crippen LogP contribution in [0, 0.1) is 0 Å². The molecular weight excluding hydrogens is 359 g/mol. The van der Waals surface area contributed by atoms with E-state index >= 15 is 0 Å². The monoisotopic (exact) mass is 372 g/mol. The Morgan fingerprint density at radius 3 is 2.64 bits per heavy atom. The number of carbonyl (C=O) groups excluding carboxylic acids is 1. The van der Waals surface area contributed by atoms with Crippen molar-refractivity contribution in [1.29, 1.82) is 0 Å². The molecule has 0 radical (unpaired) electrons. The summed E-state index contributed by atoms with van der Waals surface area (Å²) in [4.78, 5) is 20.3. The van der Waals surface area contributed by atoms with Crippen LogP contribution in [0.2, 0.25) is 10.0 Å². The van der Waals surface area contributed by atoms with Gasteiger partial charge in [-0.2, -0.15) is 0 Å². The van der Waals surface area contributed by atoms with Crippen molar-refractivity contribution in [2.24, 2.45) is 0 Å². The van der Waals surface area contributed by atoms with E-state index in [9.17, 15) is 4.79 Å². The Bertz CT molecular complexity index is 887. The summed E-state index contributed by atoms with van der Waals surface area (Å²) in [5, 5.41) is 6.82. The number of pyridine rings is 2. The number of hydrogen-bond acceptors (Lipinski definition) is 4. The van der Waals surface area contributed by atoms with Crippen molar-refractivity contribution in [2.45, 2.75) is 6.54 Å². The number of halogens is 2. The number of anilines is 2. The number of nitrogens with zero attached hydrogens (tertiary/aromatic N) is 2. The minimum absolute atomic E-state index is 0.217. The Labute approximate surface area is 155 Å². The maximum atomic E-state index is 12.3. The van der Waals surface area contributed by atoms with Gasteiger partial charge >= 0.3 is 0 Å². The predicted octanol–water partition coefficient (Wildman–Crippen LogP) is 4.46. The van der Waals surface area contributed by atoms with Crippen molar-refractivity contribution in [3.05, 3.63) is 82.4 Å². The molecule has 0 saturated heterocycles. The molecule has 3 rings (SSSR count). The van der Waals surface area contributed by atoms with Crippen LogP contribution in [0.15, 0.2) is 61.2 Å². The minimum atomic E-state index is -0.217. The second-order valence-electron chi connectivity index (χ2n) is 5.23. The maximum Gasteiger partial charge on any atom is 0.253 e. The zero-order valence-corrected chi connectivity index (χ0v) is 14.6. The molecule has 0 aliphatic carbocycles. The first-order valence-corrected chi connectivity index (χ1v) is 8.22. The van der Waals surface area contributed by atoms with Crippen molar-refractivity contribution in [2.75, 3.05) is 5.32 Å². The molecular formula is C18H14Cl2N4O. The van der Waals surface area contributed by atoms with Gasteiger partial charge in [0.1, 0.15) is 0 Å². The molecule has 0 fully saturated rings. The first kappa shape index (κ1) is 17.2. The van der Waals surface area contributed by atoms with E-state index in [1.807, 2.05) is 12.1 Å². The molecule has 2 N–H and O–H groups in total. The van der Waals surface area contributed by atoms with Crippen LogP contribution in [-0.4, -0.2) is 15.9 Å². The topological polar surface area (TPSA) is 66.9 Å². The van der Waals surface area contributed by atoms with Gasteiger partial charge in [0.25, 0.3) is 5.91 Å². The van der Waals surface area contributed by atoms with E-state index in [0.717, 1.165) is 5.56 Å². The fourth-order valence-electron chi connectivity index (χ4n) is 2.17. The molecule has 3 aromatic rings. The Hall–Kier alpha value is -2.63. The van der Waals surface area contributed by atoms with Gasteiger partial charge in [-0.25, -0.2) is 0 Å². The lowest BCUT2D eigenvalue weighted by Crippen LogP contribution is -2.23. The molecule has 0 bridgehead atoms. The van der Waals surface area contributed by atoms with Crippen LogP contribution in [0.25, 0.3) is 0 Å². The lowest BCUT2D eigenvalue weighted by molar-refractivity contribution is 0.0950. The molecule has 0 unspecified atom stereocenters. The SMILES string of the molecule is O=C(NCc1ccncc1)c1cncc(Nc2cccc(Cl)c2Cl)c1. The number of rotatable bonds is 5. The molecule has 0 aliphatic rings. The number of carbonyl (C=O) groups is 1. The summed E-state index contributed by atoms with van der Waals surface area (Å²) < 4.78 is 0. The highest BCUT2D eigenvalue weighted by Crippen LogP contribution is 2.31. The molecule has 25 heavy (non-hydrogen) atoms. The summed E-state index contributed by atoms with van der Waals surface area (Å²) in [6.07, 6.45) is 6.48. The van der Waals surface area contributed by atoms with Crippen LogP contribution in [0.5, 0.6) is 0 Å². The first-order chi connectivity index (χ1) is 12.1. The van der Waals surface area contributed by atoms with Crippen molar-refractivity contribution in [3.8, 4) is 0 Å². The highest BCUT2D eigenvalue weighted by atomic mass is 35.5. The number of aromatic nitrogens is 2. The van der Waals surface area contributed by atoms with Crippen LogP contribution in [0.3, 0.4) is 0 Å². The second-order valence-corrected chi connectivity index (χ2v) is 6.01. The summed E-state index contributed by atoms with van der Waals surface area (Å²) in [5.74, 6) is -0.217. The predicted molar refractivity (Wildman–Crippen MR) is 99.4 cm³/mol. The molecule has 0 atom stereocenters. The number of hydrogen-bond donors (Lipinski definition) is 2. The molecule has 0 aliphatic heterocycles. The van der Waals surface area contributed by atoms with Crippen molar-refractivity contribution in [3.63, 3.8) is 0 Å². The van der Waals surface area contributed by atoms with Gasteiger partial charge < -0.3 is 10.6 Å². The quantitative estimate of drug-likeness (QED) is 0.693. The fraction of sp³-hybridized carbons (Fsp3) is 0.0556. The van der Waals surface area contributed by atoms with E-state index in [2.05, 4.69) is 20.6 Å². The van der Waals surface area contributed by atoms with Crippen LogP contribution in [0.4, 0.5) is 11.4 Å². The van der Waals surface area contributed by atoms with E-state index in [-0.39, 0.29) is 5.91 Å². The fourth-order valence-corrected chi connectivity index (χ4v) is 2.52. The summed E-state index contributed by atoms with van der Waals surface area (Å²) >= 11 is 12.2. The van der Waals surface area contributed by atoms with Crippen LogP contribution in [-0.2, 0) is 6.54 Å². The minimum Gasteiger partial charge on any atom is -0.353 e. The van der Waals surface area contributed by atoms with Gasteiger partial charge in [0.15, 0.2) is 0 Å².